The monoisotopic (exact) mass is 268 g/mol. The highest BCUT2D eigenvalue weighted by Crippen LogP contribution is 2.34. The van der Waals surface area contributed by atoms with Crippen LogP contribution in [0.5, 0.6) is 0 Å². The minimum Gasteiger partial charge on any atom is -0.481 e. The second-order valence-electron chi connectivity index (χ2n) is 5.62. The van der Waals surface area contributed by atoms with Crippen LogP contribution in [0.3, 0.4) is 0 Å². The summed E-state index contributed by atoms with van der Waals surface area (Å²) in [5.74, 6) is -0.796. The first-order valence-electron chi connectivity index (χ1n) is 6.76. The molecular formula is C14H24N2O3. The highest BCUT2D eigenvalue weighted by atomic mass is 16.4. The maximum absolute atomic E-state index is 11.9. The normalized spacial score (nSPS) is 19.9. The van der Waals surface area contributed by atoms with Crippen LogP contribution < -0.4 is 5.32 Å². The molecule has 1 aliphatic rings. The van der Waals surface area contributed by atoms with Gasteiger partial charge in [0.05, 0.1) is 5.41 Å². The SMILES string of the molecule is C=CCCNC(=O)N1CCCC(C(C)(C)C(=O)O)C1. The number of aliphatic carboxylic acids is 1. The lowest BCUT2D eigenvalue weighted by molar-refractivity contribution is -0.151. The summed E-state index contributed by atoms with van der Waals surface area (Å²) in [6.45, 7) is 8.86. The first-order valence-corrected chi connectivity index (χ1v) is 6.76. The summed E-state index contributed by atoms with van der Waals surface area (Å²) in [5, 5.41) is 12.1. The van der Waals surface area contributed by atoms with E-state index in [4.69, 9.17) is 0 Å². The Morgan fingerprint density at radius 2 is 2.21 bits per heavy atom. The molecule has 0 spiro atoms. The standard InChI is InChI=1S/C14H24N2O3/c1-4-5-8-15-13(19)16-9-6-7-11(10-16)14(2,3)12(17)18/h4,11H,1,5-10H2,2-3H3,(H,15,19)(H,17,18). The largest absolute Gasteiger partial charge is 0.481 e. The zero-order chi connectivity index (χ0) is 14.5. The quantitative estimate of drug-likeness (QED) is 0.592. The number of hydrogen-bond acceptors (Lipinski definition) is 2. The third-order valence-electron chi connectivity index (χ3n) is 3.91. The molecule has 2 amide bonds. The minimum absolute atomic E-state index is 0.00362. The number of nitrogens with zero attached hydrogens (tertiary/aromatic N) is 1. The maximum atomic E-state index is 11.9. The van der Waals surface area contributed by atoms with Gasteiger partial charge in [-0.3, -0.25) is 4.79 Å². The highest BCUT2D eigenvalue weighted by Gasteiger charge is 2.39. The van der Waals surface area contributed by atoms with E-state index in [0.717, 1.165) is 19.3 Å². The number of carboxylic acid groups (broad SMARTS) is 1. The molecule has 0 aromatic carbocycles. The summed E-state index contributed by atoms with van der Waals surface area (Å²) in [6.07, 6.45) is 4.21. The summed E-state index contributed by atoms with van der Waals surface area (Å²) in [4.78, 5) is 25.0. The molecule has 0 aliphatic carbocycles. The van der Waals surface area contributed by atoms with E-state index in [9.17, 15) is 14.7 Å². The first-order chi connectivity index (χ1) is 8.89. The number of nitrogens with one attached hydrogen (secondary N) is 1. The minimum atomic E-state index is -0.800. The Morgan fingerprint density at radius 3 is 2.79 bits per heavy atom. The van der Waals surface area contributed by atoms with Gasteiger partial charge in [-0.25, -0.2) is 4.79 Å². The number of amides is 2. The second kappa shape index (κ2) is 6.59. The van der Waals surface area contributed by atoms with E-state index in [2.05, 4.69) is 11.9 Å². The van der Waals surface area contributed by atoms with Crippen molar-refractivity contribution in [2.24, 2.45) is 11.3 Å². The Labute approximate surface area is 114 Å². The van der Waals surface area contributed by atoms with Gasteiger partial charge in [0.25, 0.3) is 0 Å². The zero-order valence-corrected chi connectivity index (χ0v) is 11.8. The Kier molecular flexibility index (Phi) is 5.39. The van der Waals surface area contributed by atoms with Crippen molar-refractivity contribution in [1.29, 1.82) is 0 Å². The number of carboxylic acids is 1. The number of hydrogen-bond donors (Lipinski definition) is 2. The topological polar surface area (TPSA) is 69.6 Å². The van der Waals surface area contributed by atoms with Crippen molar-refractivity contribution < 1.29 is 14.7 Å². The Balaban J connectivity index is 2.57. The van der Waals surface area contributed by atoms with Gasteiger partial charge in [0.1, 0.15) is 0 Å². The Bertz CT molecular complexity index is 353. The summed E-state index contributed by atoms with van der Waals surface area (Å²) in [5.41, 5.74) is -0.792. The van der Waals surface area contributed by atoms with Gasteiger partial charge in [0.2, 0.25) is 0 Å². The molecule has 1 heterocycles. The number of likely N-dealkylation sites (tertiary alicyclic amines) is 1. The van der Waals surface area contributed by atoms with E-state index >= 15 is 0 Å². The van der Waals surface area contributed by atoms with Crippen LogP contribution in [0.4, 0.5) is 4.79 Å². The third kappa shape index (κ3) is 3.98. The van der Waals surface area contributed by atoms with Crippen molar-refractivity contribution in [2.75, 3.05) is 19.6 Å². The fraction of sp³-hybridized carbons (Fsp3) is 0.714. The van der Waals surface area contributed by atoms with E-state index in [1.807, 2.05) is 0 Å². The van der Waals surface area contributed by atoms with E-state index in [0.29, 0.717) is 19.6 Å². The lowest BCUT2D eigenvalue weighted by Gasteiger charge is -2.39. The summed E-state index contributed by atoms with van der Waals surface area (Å²) < 4.78 is 0. The second-order valence-corrected chi connectivity index (χ2v) is 5.62. The molecule has 0 aromatic rings. The molecule has 19 heavy (non-hydrogen) atoms. The van der Waals surface area contributed by atoms with Gasteiger partial charge >= 0.3 is 12.0 Å². The third-order valence-corrected chi connectivity index (χ3v) is 3.91. The molecule has 1 atom stereocenters. The summed E-state index contributed by atoms with van der Waals surface area (Å²) >= 11 is 0. The average molecular weight is 268 g/mol. The van der Waals surface area contributed by atoms with E-state index in [1.54, 1.807) is 24.8 Å². The molecule has 1 saturated heterocycles. The number of carbonyl (C=O) groups is 2. The Morgan fingerprint density at radius 1 is 1.53 bits per heavy atom. The predicted molar refractivity (Wildman–Crippen MR) is 73.9 cm³/mol. The molecular weight excluding hydrogens is 244 g/mol. The number of carbonyl (C=O) groups excluding carboxylic acids is 1. The number of piperidine rings is 1. The molecule has 1 aliphatic heterocycles. The van der Waals surface area contributed by atoms with Gasteiger partial charge in [-0.15, -0.1) is 6.58 Å². The van der Waals surface area contributed by atoms with Crippen LogP contribution in [0.1, 0.15) is 33.1 Å². The molecule has 5 heteroatoms. The van der Waals surface area contributed by atoms with Gasteiger partial charge in [-0.2, -0.15) is 0 Å². The van der Waals surface area contributed by atoms with E-state index in [-0.39, 0.29) is 11.9 Å². The van der Waals surface area contributed by atoms with Gasteiger partial charge in [0.15, 0.2) is 0 Å². The molecule has 108 valence electrons. The maximum Gasteiger partial charge on any atom is 0.317 e. The summed E-state index contributed by atoms with van der Waals surface area (Å²) in [7, 11) is 0. The van der Waals surface area contributed by atoms with Crippen LogP contribution in [-0.4, -0.2) is 41.6 Å². The summed E-state index contributed by atoms with van der Waals surface area (Å²) in [6, 6.07) is -0.104. The molecule has 1 rings (SSSR count). The molecule has 0 aromatic heterocycles. The van der Waals surface area contributed by atoms with Crippen LogP contribution in [0.25, 0.3) is 0 Å². The molecule has 1 fully saturated rings. The average Bonchev–Trinajstić information content (AvgIpc) is 2.39. The zero-order valence-electron chi connectivity index (χ0n) is 11.8. The lowest BCUT2D eigenvalue weighted by atomic mass is 9.74. The van der Waals surface area contributed by atoms with E-state index < -0.39 is 11.4 Å². The van der Waals surface area contributed by atoms with Gasteiger partial charge in [0, 0.05) is 19.6 Å². The van der Waals surface area contributed by atoms with Crippen LogP contribution in [0.15, 0.2) is 12.7 Å². The van der Waals surface area contributed by atoms with Crippen LogP contribution >= 0.6 is 0 Å². The van der Waals surface area contributed by atoms with Crippen LogP contribution in [0, 0.1) is 11.3 Å². The van der Waals surface area contributed by atoms with Crippen LogP contribution in [-0.2, 0) is 4.79 Å². The fourth-order valence-electron chi connectivity index (χ4n) is 2.32. The smallest absolute Gasteiger partial charge is 0.317 e. The first kappa shape index (κ1) is 15.5. The van der Waals surface area contributed by atoms with Crippen molar-refractivity contribution in [3.8, 4) is 0 Å². The van der Waals surface area contributed by atoms with Crippen LogP contribution in [0.2, 0.25) is 0 Å². The lowest BCUT2D eigenvalue weighted by Crippen LogP contribution is -2.50. The van der Waals surface area contributed by atoms with Gasteiger partial charge < -0.3 is 15.3 Å². The van der Waals surface area contributed by atoms with Gasteiger partial charge in [-0.1, -0.05) is 6.08 Å². The highest BCUT2D eigenvalue weighted by molar-refractivity contribution is 5.76. The van der Waals surface area contributed by atoms with Crippen molar-refractivity contribution >= 4 is 12.0 Å². The fourth-order valence-corrected chi connectivity index (χ4v) is 2.32. The number of rotatable bonds is 5. The van der Waals surface area contributed by atoms with Crippen molar-refractivity contribution in [1.82, 2.24) is 10.2 Å². The molecule has 0 bridgehead atoms. The van der Waals surface area contributed by atoms with E-state index in [1.165, 1.54) is 0 Å². The molecule has 0 saturated carbocycles. The molecule has 0 radical (unpaired) electrons. The molecule has 5 nitrogen and oxygen atoms in total. The van der Waals surface area contributed by atoms with Crippen molar-refractivity contribution in [3.05, 3.63) is 12.7 Å². The molecule has 1 unspecified atom stereocenters. The van der Waals surface area contributed by atoms with Crippen molar-refractivity contribution in [3.63, 3.8) is 0 Å². The number of urea groups is 1. The predicted octanol–water partition coefficient (Wildman–Crippen LogP) is 2.09. The van der Waals surface area contributed by atoms with Gasteiger partial charge in [-0.05, 0) is 39.0 Å². The Hall–Kier alpha value is -1.52. The van der Waals surface area contributed by atoms with Crippen molar-refractivity contribution in [2.45, 2.75) is 33.1 Å². The molecule has 2 N–H and O–H groups in total.